The first-order valence-electron chi connectivity index (χ1n) is 6.36. The molecule has 0 aliphatic carbocycles. The highest BCUT2D eigenvalue weighted by Crippen LogP contribution is 2.19. The maximum atomic E-state index is 5.42. The van der Waals surface area contributed by atoms with Crippen molar-refractivity contribution in [2.75, 3.05) is 54.2 Å². The van der Waals surface area contributed by atoms with Gasteiger partial charge in [-0.1, -0.05) is 6.07 Å². The lowest BCUT2D eigenvalue weighted by Gasteiger charge is -2.10. The molecule has 114 valence electrons. The predicted molar refractivity (Wildman–Crippen MR) is 73.1 cm³/mol. The number of hydrogen-bond acceptors (Lipinski definition) is 6. The van der Waals surface area contributed by atoms with Gasteiger partial charge in [0.15, 0.2) is 13.6 Å². The minimum absolute atomic E-state index is 0.178. The molecule has 1 aromatic rings. The lowest BCUT2D eigenvalue weighted by Crippen LogP contribution is -2.09. The van der Waals surface area contributed by atoms with E-state index in [2.05, 4.69) is 0 Å². The molecule has 1 rings (SSSR count). The zero-order chi connectivity index (χ0) is 14.5. The zero-order valence-electron chi connectivity index (χ0n) is 12.0. The first kappa shape index (κ1) is 16.7. The SMILES string of the molecule is COCCOCOc1cccc(OCOCCOC)c1. The van der Waals surface area contributed by atoms with Crippen LogP contribution < -0.4 is 9.47 Å². The van der Waals surface area contributed by atoms with E-state index in [1.165, 1.54) is 0 Å². The second-order valence-corrected chi connectivity index (χ2v) is 3.80. The van der Waals surface area contributed by atoms with Gasteiger partial charge in [-0.2, -0.15) is 0 Å². The van der Waals surface area contributed by atoms with Gasteiger partial charge in [0.25, 0.3) is 0 Å². The summed E-state index contributed by atoms with van der Waals surface area (Å²) in [5.41, 5.74) is 0. The largest absolute Gasteiger partial charge is 0.467 e. The minimum Gasteiger partial charge on any atom is -0.467 e. The van der Waals surface area contributed by atoms with Crippen LogP contribution in [0.15, 0.2) is 24.3 Å². The van der Waals surface area contributed by atoms with Crippen LogP contribution in [0.4, 0.5) is 0 Å². The van der Waals surface area contributed by atoms with E-state index >= 15 is 0 Å². The first-order chi connectivity index (χ1) is 9.86. The van der Waals surface area contributed by atoms with E-state index in [-0.39, 0.29) is 13.6 Å². The van der Waals surface area contributed by atoms with E-state index in [9.17, 15) is 0 Å². The Bertz CT molecular complexity index is 315. The van der Waals surface area contributed by atoms with Gasteiger partial charge in [0.2, 0.25) is 0 Å². The van der Waals surface area contributed by atoms with Crippen LogP contribution in [-0.2, 0) is 18.9 Å². The highest BCUT2D eigenvalue weighted by atomic mass is 16.7. The molecule has 6 nitrogen and oxygen atoms in total. The Labute approximate surface area is 119 Å². The molecule has 0 heterocycles. The quantitative estimate of drug-likeness (QED) is 0.430. The maximum Gasteiger partial charge on any atom is 0.189 e. The molecule has 20 heavy (non-hydrogen) atoms. The molecule has 0 N–H and O–H groups in total. The average molecular weight is 286 g/mol. The molecule has 0 radical (unpaired) electrons. The van der Waals surface area contributed by atoms with Gasteiger partial charge < -0.3 is 28.4 Å². The Kier molecular flexibility index (Phi) is 9.60. The van der Waals surface area contributed by atoms with Crippen molar-refractivity contribution in [3.8, 4) is 11.5 Å². The molecule has 0 saturated heterocycles. The van der Waals surface area contributed by atoms with E-state index in [0.717, 1.165) is 0 Å². The van der Waals surface area contributed by atoms with Crippen molar-refractivity contribution < 1.29 is 28.4 Å². The smallest absolute Gasteiger partial charge is 0.189 e. The third-order valence-corrected chi connectivity index (χ3v) is 2.29. The third-order valence-electron chi connectivity index (χ3n) is 2.29. The van der Waals surface area contributed by atoms with Crippen LogP contribution in [0, 0.1) is 0 Å². The molecule has 1 aromatic carbocycles. The fourth-order valence-corrected chi connectivity index (χ4v) is 1.28. The van der Waals surface area contributed by atoms with Crippen molar-refractivity contribution in [3.05, 3.63) is 24.3 Å². The van der Waals surface area contributed by atoms with Gasteiger partial charge in [-0.3, -0.25) is 0 Å². The van der Waals surface area contributed by atoms with Crippen LogP contribution in [0.5, 0.6) is 11.5 Å². The fourth-order valence-electron chi connectivity index (χ4n) is 1.28. The first-order valence-corrected chi connectivity index (χ1v) is 6.36. The van der Waals surface area contributed by atoms with Crippen molar-refractivity contribution in [2.24, 2.45) is 0 Å². The molecule has 0 aliphatic heterocycles. The number of hydrogen-bond donors (Lipinski definition) is 0. The Hall–Kier alpha value is -1.34. The molecule has 0 atom stereocenters. The van der Waals surface area contributed by atoms with Gasteiger partial charge in [-0.05, 0) is 12.1 Å². The van der Waals surface area contributed by atoms with E-state index < -0.39 is 0 Å². The van der Waals surface area contributed by atoms with Crippen molar-refractivity contribution in [3.63, 3.8) is 0 Å². The summed E-state index contributed by atoms with van der Waals surface area (Å²) < 4.78 is 31.0. The molecule has 0 unspecified atom stereocenters. The van der Waals surface area contributed by atoms with Crippen LogP contribution in [0.25, 0.3) is 0 Å². The Morgan fingerprint density at radius 3 is 1.70 bits per heavy atom. The molecular formula is C14H22O6. The molecule has 0 spiro atoms. The summed E-state index contributed by atoms with van der Waals surface area (Å²) in [7, 11) is 3.25. The zero-order valence-corrected chi connectivity index (χ0v) is 12.0. The monoisotopic (exact) mass is 286 g/mol. The average Bonchev–Trinajstić information content (AvgIpc) is 2.47. The Balaban J connectivity index is 2.19. The van der Waals surface area contributed by atoms with E-state index in [1.807, 2.05) is 18.2 Å². The molecule has 0 saturated carbocycles. The van der Waals surface area contributed by atoms with Crippen molar-refractivity contribution >= 4 is 0 Å². The van der Waals surface area contributed by atoms with Crippen molar-refractivity contribution in [2.45, 2.75) is 0 Å². The lowest BCUT2D eigenvalue weighted by molar-refractivity contribution is -0.0116. The Morgan fingerprint density at radius 1 is 0.750 bits per heavy atom. The van der Waals surface area contributed by atoms with Crippen LogP contribution in [-0.4, -0.2) is 54.2 Å². The topological polar surface area (TPSA) is 55.4 Å². The normalized spacial score (nSPS) is 10.5. The third kappa shape index (κ3) is 7.96. The fraction of sp³-hybridized carbons (Fsp3) is 0.571. The molecule has 0 aromatic heterocycles. The van der Waals surface area contributed by atoms with Gasteiger partial charge in [0.1, 0.15) is 11.5 Å². The number of ether oxygens (including phenoxy) is 6. The second kappa shape index (κ2) is 11.5. The standard InChI is InChI=1S/C14H22O6/c1-15-6-8-17-11-19-13-4-3-5-14(10-13)20-12-18-9-7-16-2/h3-5,10H,6-9,11-12H2,1-2H3. The molecular weight excluding hydrogens is 264 g/mol. The summed E-state index contributed by atoms with van der Waals surface area (Å²) in [6, 6.07) is 7.28. The summed E-state index contributed by atoms with van der Waals surface area (Å²) in [5.74, 6) is 1.36. The van der Waals surface area contributed by atoms with Crippen LogP contribution in [0.1, 0.15) is 0 Å². The minimum atomic E-state index is 0.178. The number of benzene rings is 1. The highest BCUT2D eigenvalue weighted by Gasteiger charge is 1.98. The van der Waals surface area contributed by atoms with Gasteiger partial charge in [-0.25, -0.2) is 0 Å². The summed E-state index contributed by atoms with van der Waals surface area (Å²) in [6.45, 7) is 2.45. The number of methoxy groups -OCH3 is 2. The molecule has 6 heteroatoms. The molecule has 0 aliphatic rings. The van der Waals surface area contributed by atoms with Crippen LogP contribution in [0.2, 0.25) is 0 Å². The molecule has 0 fully saturated rings. The summed E-state index contributed by atoms with van der Waals surface area (Å²) >= 11 is 0. The van der Waals surface area contributed by atoms with Crippen molar-refractivity contribution in [1.29, 1.82) is 0 Å². The van der Waals surface area contributed by atoms with Crippen LogP contribution >= 0.6 is 0 Å². The van der Waals surface area contributed by atoms with Gasteiger partial charge in [0, 0.05) is 20.3 Å². The van der Waals surface area contributed by atoms with E-state index in [1.54, 1.807) is 20.3 Å². The summed E-state index contributed by atoms with van der Waals surface area (Å²) in [4.78, 5) is 0. The van der Waals surface area contributed by atoms with Gasteiger partial charge in [0.05, 0.1) is 26.4 Å². The Morgan fingerprint density at radius 2 is 1.25 bits per heavy atom. The summed E-state index contributed by atoms with van der Waals surface area (Å²) in [5, 5.41) is 0. The van der Waals surface area contributed by atoms with Gasteiger partial charge in [-0.15, -0.1) is 0 Å². The molecule has 0 amide bonds. The van der Waals surface area contributed by atoms with Crippen molar-refractivity contribution in [1.82, 2.24) is 0 Å². The van der Waals surface area contributed by atoms with E-state index in [4.69, 9.17) is 28.4 Å². The summed E-state index contributed by atoms with van der Waals surface area (Å²) in [6.07, 6.45) is 0. The maximum absolute atomic E-state index is 5.42. The molecule has 0 bridgehead atoms. The predicted octanol–water partition coefficient (Wildman–Crippen LogP) is 1.69. The lowest BCUT2D eigenvalue weighted by atomic mass is 10.3. The second-order valence-electron chi connectivity index (χ2n) is 3.80. The van der Waals surface area contributed by atoms with Gasteiger partial charge >= 0.3 is 0 Å². The van der Waals surface area contributed by atoms with E-state index in [0.29, 0.717) is 37.9 Å². The van der Waals surface area contributed by atoms with Crippen LogP contribution in [0.3, 0.4) is 0 Å². The number of rotatable bonds is 12. The highest BCUT2D eigenvalue weighted by molar-refractivity contribution is 5.32.